The van der Waals surface area contributed by atoms with Gasteiger partial charge in [0.25, 0.3) is 0 Å². The number of amides is 2. The van der Waals surface area contributed by atoms with Gasteiger partial charge in [-0.3, -0.25) is 9.59 Å². The zero-order valence-electron chi connectivity index (χ0n) is 14.7. The van der Waals surface area contributed by atoms with E-state index in [2.05, 4.69) is 10.6 Å². The van der Waals surface area contributed by atoms with Crippen LogP contribution in [0.15, 0.2) is 24.3 Å². The van der Waals surface area contributed by atoms with Crippen molar-refractivity contribution in [2.45, 2.75) is 44.9 Å². The molecule has 3 rings (SSSR count). The number of nitrogens with zero attached hydrogens (tertiary/aromatic N) is 1. The van der Waals surface area contributed by atoms with Gasteiger partial charge in [-0.05, 0) is 38.0 Å². The molecule has 2 aliphatic rings. The summed E-state index contributed by atoms with van der Waals surface area (Å²) >= 11 is 0. The molecule has 3 atom stereocenters. The summed E-state index contributed by atoms with van der Waals surface area (Å²) < 4.78 is 5.53. The average Bonchev–Trinajstić information content (AvgIpc) is 3.01. The first-order valence-electron chi connectivity index (χ1n) is 8.62. The first-order valence-corrected chi connectivity index (χ1v) is 8.62. The normalized spacial score (nSPS) is 24.6. The van der Waals surface area contributed by atoms with Crippen LogP contribution < -0.4 is 15.5 Å². The van der Waals surface area contributed by atoms with E-state index < -0.39 is 0 Å². The van der Waals surface area contributed by atoms with Gasteiger partial charge < -0.3 is 20.3 Å². The number of hydrogen-bond acceptors (Lipinski definition) is 4. The Morgan fingerprint density at radius 3 is 2.92 bits per heavy atom. The first-order chi connectivity index (χ1) is 11.6. The number of ether oxygens (including phenoxy) is 1. The standard InChI is InChI=1S/C18H25N3O3.ClH/c1-12(20-18(23)17-13(2)24-10-8-19-17)14-5-3-6-15(11-14)21-9-4-7-16(21)22;/h3,5-6,11-13,17,19H,4,7-10H2,1-2H3,(H,20,23);1H/t12?,13-,17+;/m1./s1. The van der Waals surface area contributed by atoms with E-state index in [0.29, 0.717) is 19.6 Å². The molecule has 1 aromatic rings. The van der Waals surface area contributed by atoms with E-state index in [1.54, 1.807) is 0 Å². The van der Waals surface area contributed by atoms with Crippen LogP contribution in [-0.4, -0.2) is 43.7 Å². The number of hydrogen-bond donors (Lipinski definition) is 2. The number of morpholine rings is 1. The number of benzene rings is 1. The third-order valence-electron chi connectivity index (χ3n) is 4.71. The van der Waals surface area contributed by atoms with Gasteiger partial charge in [-0.2, -0.15) is 0 Å². The second-order valence-corrected chi connectivity index (χ2v) is 6.48. The topological polar surface area (TPSA) is 70.7 Å². The number of halogens is 1. The highest BCUT2D eigenvalue weighted by atomic mass is 35.5. The largest absolute Gasteiger partial charge is 0.375 e. The van der Waals surface area contributed by atoms with E-state index in [-0.39, 0.29) is 42.4 Å². The Balaban J connectivity index is 0.00000225. The Morgan fingerprint density at radius 1 is 1.44 bits per heavy atom. The second-order valence-electron chi connectivity index (χ2n) is 6.48. The molecule has 2 heterocycles. The van der Waals surface area contributed by atoms with Gasteiger partial charge in [0.2, 0.25) is 11.8 Å². The minimum Gasteiger partial charge on any atom is -0.375 e. The van der Waals surface area contributed by atoms with Crippen molar-refractivity contribution in [3.8, 4) is 0 Å². The van der Waals surface area contributed by atoms with Crippen molar-refractivity contribution in [1.29, 1.82) is 0 Å². The molecule has 25 heavy (non-hydrogen) atoms. The lowest BCUT2D eigenvalue weighted by Crippen LogP contribution is -2.55. The van der Waals surface area contributed by atoms with Crippen LogP contribution in [0.3, 0.4) is 0 Å². The van der Waals surface area contributed by atoms with Crippen LogP contribution in [0.5, 0.6) is 0 Å². The summed E-state index contributed by atoms with van der Waals surface area (Å²) in [6, 6.07) is 7.38. The molecule has 0 radical (unpaired) electrons. The minimum atomic E-state index is -0.329. The number of nitrogens with one attached hydrogen (secondary N) is 2. The molecule has 0 aliphatic carbocycles. The molecule has 0 saturated carbocycles. The molecular weight excluding hydrogens is 342 g/mol. The summed E-state index contributed by atoms with van der Waals surface area (Å²) in [6.45, 7) is 5.94. The fourth-order valence-corrected chi connectivity index (χ4v) is 3.30. The molecule has 2 amide bonds. The highest BCUT2D eigenvalue weighted by Gasteiger charge is 2.29. The minimum absolute atomic E-state index is 0. The lowest BCUT2D eigenvalue weighted by molar-refractivity contribution is -0.129. The molecule has 0 aromatic heterocycles. The van der Waals surface area contributed by atoms with Crippen LogP contribution >= 0.6 is 12.4 Å². The van der Waals surface area contributed by atoms with E-state index in [4.69, 9.17) is 4.74 Å². The summed E-state index contributed by atoms with van der Waals surface area (Å²) in [5, 5.41) is 6.24. The van der Waals surface area contributed by atoms with Gasteiger partial charge in [-0.25, -0.2) is 0 Å². The van der Waals surface area contributed by atoms with Gasteiger partial charge in [0.05, 0.1) is 18.8 Å². The maximum Gasteiger partial charge on any atom is 0.240 e. The van der Waals surface area contributed by atoms with Gasteiger partial charge in [-0.1, -0.05) is 12.1 Å². The smallest absolute Gasteiger partial charge is 0.240 e. The number of carbonyl (C=O) groups is 2. The Morgan fingerprint density at radius 2 is 2.24 bits per heavy atom. The zero-order chi connectivity index (χ0) is 17.1. The third-order valence-corrected chi connectivity index (χ3v) is 4.71. The van der Waals surface area contributed by atoms with Gasteiger partial charge in [0.15, 0.2) is 0 Å². The molecule has 138 valence electrons. The molecule has 0 bridgehead atoms. The highest BCUT2D eigenvalue weighted by molar-refractivity contribution is 5.95. The van der Waals surface area contributed by atoms with Gasteiger partial charge in [0.1, 0.15) is 6.04 Å². The lowest BCUT2D eigenvalue weighted by atomic mass is 10.1. The fourth-order valence-electron chi connectivity index (χ4n) is 3.30. The number of anilines is 1. The van der Waals surface area contributed by atoms with E-state index >= 15 is 0 Å². The first kappa shape index (κ1) is 19.7. The summed E-state index contributed by atoms with van der Waals surface area (Å²) in [4.78, 5) is 26.2. The quantitative estimate of drug-likeness (QED) is 0.851. The number of rotatable bonds is 4. The lowest BCUT2D eigenvalue weighted by Gasteiger charge is -2.30. The molecule has 2 fully saturated rings. The molecule has 6 nitrogen and oxygen atoms in total. The van der Waals surface area contributed by atoms with Crippen LogP contribution in [0.4, 0.5) is 5.69 Å². The van der Waals surface area contributed by atoms with Crippen LogP contribution in [0.25, 0.3) is 0 Å². The summed E-state index contributed by atoms with van der Waals surface area (Å²) in [7, 11) is 0. The van der Waals surface area contributed by atoms with Crippen LogP contribution in [0, 0.1) is 0 Å². The second kappa shape index (κ2) is 8.65. The van der Waals surface area contributed by atoms with Crippen LogP contribution in [-0.2, 0) is 14.3 Å². The zero-order valence-corrected chi connectivity index (χ0v) is 15.5. The molecule has 1 aromatic carbocycles. The fraction of sp³-hybridized carbons (Fsp3) is 0.556. The van der Waals surface area contributed by atoms with Crippen molar-refractivity contribution < 1.29 is 14.3 Å². The summed E-state index contributed by atoms with van der Waals surface area (Å²) in [5.41, 5.74) is 1.90. The van der Waals surface area contributed by atoms with Crippen molar-refractivity contribution >= 4 is 29.9 Å². The van der Waals surface area contributed by atoms with Gasteiger partial charge in [0, 0.05) is 25.2 Å². The SMILES string of the molecule is CC(NC(=O)[C@H]1NCCO[C@@H]1C)c1cccc(N2CCCC2=O)c1.Cl. The van der Waals surface area contributed by atoms with Crippen LogP contribution in [0.2, 0.25) is 0 Å². The molecule has 7 heteroatoms. The van der Waals surface area contributed by atoms with E-state index in [1.807, 2.05) is 43.0 Å². The van der Waals surface area contributed by atoms with E-state index in [9.17, 15) is 9.59 Å². The maximum absolute atomic E-state index is 12.5. The summed E-state index contributed by atoms with van der Waals surface area (Å²) in [5.74, 6) is 0.110. The van der Waals surface area contributed by atoms with Crippen molar-refractivity contribution in [3.63, 3.8) is 0 Å². The number of carbonyl (C=O) groups excluding carboxylic acids is 2. The Bertz CT molecular complexity index is 625. The van der Waals surface area contributed by atoms with E-state index in [1.165, 1.54) is 0 Å². The van der Waals surface area contributed by atoms with Crippen molar-refractivity contribution in [1.82, 2.24) is 10.6 Å². The Hall–Kier alpha value is -1.63. The predicted molar refractivity (Wildman–Crippen MR) is 99.0 cm³/mol. The molecule has 2 aliphatic heterocycles. The Labute approximate surface area is 154 Å². The predicted octanol–water partition coefficient (Wildman–Crippen LogP) is 1.79. The Kier molecular flexibility index (Phi) is 6.81. The van der Waals surface area contributed by atoms with Crippen molar-refractivity contribution in [2.75, 3.05) is 24.6 Å². The highest BCUT2D eigenvalue weighted by Crippen LogP contribution is 2.24. The molecule has 1 unspecified atom stereocenters. The molecular formula is C18H26ClN3O3. The summed E-state index contributed by atoms with van der Waals surface area (Å²) in [6.07, 6.45) is 1.38. The molecule has 2 saturated heterocycles. The third kappa shape index (κ3) is 4.51. The van der Waals surface area contributed by atoms with Gasteiger partial charge in [-0.15, -0.1) is 12.4 Å². The maximum atomic E-state index is 12.5. The average molecular weight is 368 g/mol. The van der Waals surface area contributed by atoms with Crippen molar-refractivity contribution in [2.24, 2.45) is 0 Å². The van der Waals surface area contributed by atoms with Gasteiger partial charge >= 0.3 is 0 Å². The van der Waals surface area contributed by atoms with E-state index in [0.717, 1.165) is 24.2 Å². The molecule has 2 N–H and O–H groups in total. The van der Waals surface area contributed by atoms with Crippen LogP contribution in [0.1, 0.15) is 38.3 Å². The monoisotopic (exact) mass is 367 g/mol. The van der Waals surface area contributed by atoms with Crippen molar-refractivity contribution in [3.05, 3.63) is 29.8 Å². The molecule has 0 spiro atoms.